The number of furan rings is 1. The van der Waals surface area contributed by atoms with E-state index in [0.717, 1.165) is 26.8 Å². The van der Waals surface area contributed by atoms with Crippen LogP contribution in [0, 0.1) is 0 Å². The molecule has 2 rings (SSSR count). The topological polar surface area (TPSA) is 39.2 Å². The Hall–Kier alpha value is -0.870. The molecule has 2 aromatic rings. The normalized spacial score (nSPS) is 10.5. The average molecular weight is 284 g/mol. The first kappa shape index (κ1) is 10.6. The molecule has 1 heterocycles. The molecule has 0 bridgehead atoms. The van der Waals surface area contributed by atoms with Crippen LogP contribution in [-0.2, 0) is 5.75 Å². The lowest BCUT2D eigenvalue weighted by molar-refractivity contribution is 0.507. The number of hydrogen-bond donors (Lipinski definition) is 1. The van der Waals surface area contributed by atoms with Gasteiger partial charge >= 0.3 is 0 Å². The Morgan fingerprint density at radius 2 is 2.00 bits per heavy atom. The molecular weight excluding hydrogens is 274 g/mol. The Morgan fingerprint density at radius 1 is 1.20 bits per heavy atom. The Bertz CT molecular complexity index is 455. The second-order valence-electron chi connectivity index (χ2n) is 3.03. The Morgan fingerprint density at radius 3 is 2.67 bits per heavy atom. The molecular formula is C11H10BrNOS. The number of nitrogen functional groups attached to an aromatic ring is 1. The molecule has 0 aliphatic rings. The minimum atomic E-state index is 0.763. The number of benzene rings is 1. The van der Waals surface area contributed by atoms with Crippen molar-refractivity contribution in [3.8, 4) is 0 Å². The first-order valence-electron chi connectivity index (χ1n) is 4.47. The van der Waals surface area contributed by atoms with Crippen molar-refractivity contribution in [2.45, 2.75) is 10.6 Å². The first-order valence-corrected chi connectivity index (χ1v) is 6.25. The Kier molecular flexibility index (Phi) is 3.38. The van der Waals surface area contributed by atoms with Crippen LogP contribution in [0.3, 0.4) is 0 Å². The fraction of sp³-hybridized carbons (Fsp3) is 0.0909. The molecule has 0 aliphatic carbocycles. The van der Waals surface area contributed by atoms with Gasteiger partial charge in [-0.1, -0.05) is 12.1 Å². The molecule has 0 radical (unpaired) electrons. The minimum Gasteiger partial charge on any atom is -0.453 e. The van der Waals surface area contributed by atoms with E-state index < -0.39 is 0 Å². The molecule has 0 spiro atoms. The predicted molar refractivity (Wildman–Crippen MR) is 66.8 cm³/mol. The van der Waals surface area contributed by atoms with Crippen molar-refractivity contribution in [2.75, 3.05) is 5.73 Å². The van der Waals surface area contributed by atoms with Crippen LogP contribution in [0.2, 0.25) is 0 Å². The number of anilines is 1. The summed E-state index contributed by atoms with van der Waals surface area (Å²) in [5.41, 5.74) is 6.64. The molecule has 0 saturated carbocycles. The van der Waals surface area contributed by atoms with Gasteiger partial charge in [0, 0.05) is 10.6 Å². The van der Waals surface area contributed by atoms with Gasteiger partial charge in [-0.3, -0.25) is 0 Å². The molecule has 1 aromatic heterocycles. The summed E-state index contributed by atoms with van der Waals surface area (Å²) < 4.78 is 6.16. The molecule has 0 saturated heterocycles. The van der Waals surface area contributed by atoms with Crippen molar-refractivity contribution in [1.29, 1.82) is 0 Å². The molecule has 0 atom stereocenters. The van der Waals surface area contributed by atoms with E-state index in [1.54, 1.807) is 11.8 Å². The van der Waals surface area contributed by atoms with Crippen molar-refractivity contribution in [3.63, 3.8) is 0 Å². The summed E-state index contributed by atoms with van der Waals surface area (Å²) in [4.78, 5) is 1.09. The maximum Gasteiger partial charge on any atom is 0.169 e. The highest BCUT2D eigenvalue weighted by Gasteiger charge is 2.02. The van der Waals surface area contributed by atoms with Crippen LogP contribution in [0.4, 0.5) is 5.69 Å². The fourth-order valence-corrected chi connectivity index (χ4v) is 2.39. The van der Waals surface area contributed by atoms with Gasteiger partial charge in [0.2, 0.25) is 0 Å². The van der Waals surface area contributed by atoms with Gasteiger partial charge in [-0.2, -0.15) is 0 Å². The monoisotopic (exact) mass is 283 g/mol. The molecule has 2 nitrogen and oxygen atoms in total. The lowest BCUT2D eigenvalue weighted by atomic mass is 10.3. The third kappa shape index (κ3) is 2.79. The van der Waals surface area contributed by atoms with E-state index in [2.05, 4.69) is 15.9 Å². The van der Waals surface area contributed by atoms with E-state index in [-0.39, 0.29) is 0 Å². The molecule has 2 N–H and O–H groups in total. The van der Waals surface area contributed by atoms with Gasteiger partial charge in [0.05, 0.1) is 5.75 Å². The SMILES string of the molecule is Nc1ccccc1SCc1ccc(Br)o1. The van der Waals surface area contributed by atoms with Crippen molar-refractivity contribution in [2.24, 2.45) is 0 Å². The lowest BCUT2D eigenvalue weighted by Gasteiger charge is -2.02. The summed E-state index contributed by atoms with van der Waals surface area (Å²) in [6.45, 7) is 0. The van der Waals surface area contributed by atoms with Crippen LogP contribution in [0.5, 0.6) is 0 Å². The second-order valence-corrected chi connectivity index (χ2v) is 4.83. The molecule has 78 valence electrons. The van der Waals surface area contributed by atoms with Crippen molar-refractivity contribution in [3.05, 3.63) is 46.8 Å². The van der Waals surface area contributed by atoms with E-state index >= 15 is 0 Å². The van der Waals surface area contributed by atoms with E-state index in [1.807, 2.05) is 36.4 Å². The molecule has 4 heteroatoms. The zero-order chi connectivity index (χ0) is 10.7. The maximum absolute atomic E-state index is 5.83. The van der Waals surface area contributed by atoms with E-state index in [0.29, 0.717) is 0 Å². The number of rotatable bonds is 3. The second kappa shape index (κ2) is 4.77. The number of hydrogen-bond acceptors (Lipinski definition) is 3. The van der Waals surface area contributed by atoms with Crippen molar-refractivity contribution >= 4 is 33.4 Å². The standard InChI is InChI=1S/C11H10BrNOS/c12-11-6-5-8(14-11)7-15-10-4-2-1-3-9(10)13/h1-6H,7,13H2. The highest BCUT2D eigenvalue weighted by Crippen LogP contribution is 2.28. The van der Waals surface area contributed by atoms with Gasteiger partial charge in [-0.25, -0.2) is 0 Å². The van der Waals surface area contributed by atoms with Gasteiger partial charge in [0.15, 0.2) is 4.67 Å². The molecule has 0 aliphatic heterocycles. The van der Waals surface area contributed by atoms with Gasteiger partial charge in [-0.05, 0) is 40.2 Å². The van der Waals surface area contributed by atoms with Crippen molar-refractivity contribution < 1.29 is 4.42 Å². The predicted octanol–water partition coefficient (Wildman–Crippen LogP) is 3.92. The maximum atomic E-state index is 5.83. The van der Waals surface area contributed by atoms with Crippen LogP contribution >= 0.6 is 27.7 Å². The largest absolute Gasteiger partial charge is 0.453 e. The highest BCUT2D eigenvalue weighted by molar-refractivity contribution is 9.10. The summed E-state index contributed by atoms with van der Waals surface area (Å²) in [5, 5.41) is 0. The zero-order valence-electron chi connectivity index (χ0n) is 7.94. The Labute approximate surface area is 101 Å². The number of nitrogens with two attached hydrogens (primary N) is 1. The summed E-state index contributed by atoms with van der Waals surface area (Å²) in [6, 6.07) is 11.7. The van der Waals surface area contributed by atoms with Crippen LogP contribution in [0.15, 0.2) is 50.4 Å². The molecule has 1 aromatic carbocycles. The van der Waals surface area contributed by atoms with Gasteiger partial charge < -0.3 is 10.2 Å². The fourth-order valence-electron chi connectivity index (χ4n) is 1.19. The smallest absolute Gasteiger partial charge is 0.169 e. The Balaban J connectivity index is 2.02. The van der Waals surface area contributed by atoms with E-state index in [1.165, 1.54) is 0 Å². The average Bonchev–Trinajstić information content (AvgIpc) is 2.63. The number of para-hydroxylation sites is 1. The third-order valence-corrected chi connectivity index (χ3v) is 3.46. The van der Waals surface area contributed by atoms with Crippen LogP contribution < -0.4 is 5.73 Å². The van der Waals surface area contributed by atoms with Crippen LogP contribution in [-0.4, -0.2) is 0 Å². The molecule has 0 amide bonds. The summed E-state index contributed by atoms with van der Waals surface area (Å²) in [5.74, 6) is 1.73. The highest BCUT2D eigenvalue weighted by atomic mass is 79.9. The summed E-state index contributed by atoms with van der Waals surface area (Å²) in [7, 11) is 0. The van der Waals surface area contributed by atoms with E-state index in [9.17, 15) is 0 Å². The molecule has 0 fully saturated rings. The molecule has 15 heavy (non-hydrogen) atoms. The summed E-state index contributed by atoms with van der Waals surface area (Å²) in [6.07, 6.45) is 0. The van der Waals surface area contributed by atoms with Crippen LogP contribution in [0.25, 0.3) is 0 Å². The summed E-state index contributed by atoms with van der Waals surface area (Å²) >= 11 is 4.95. The van der Waals surface area contributed by atoms with Crippen molar-refractivity contribution in [1.82, 2.24) is 0 Å². The van der Waals surface area contributed by atoms with Gasteiger partial charge in [0.1, 0.15) is 5.76 Å². The lowest BCUT2D eigenvalue weighted by Crippen LogP contribution is -1.87. The zero-order valence-corrected chi connectivity index (χ0v) is 10.3. The minimum absolute atomic E-state index is 0.763. The number of halogens is 1. The van der Waals surface area contributed by atoms with E-state index in [4.69, 9.17) is 10.2 Å². The first-order chi connectivity index (χ1) is 7.25. The third-order valence-electron chi connectivity index (χ3n) is 1.92. The molecule has 0 unspecified atom stereocenters. The van der Waals surface area contributed by atoms with Gasteiger partial charge in [-0.15, -0.1) is 11.8 Å². The quantitative estimate of drug-likeness (QED) is 0.686. The number of thioether (sulfide) groups is 1. The van der Waals surface area contributed by atoms with Crippen LogP contribution in [0.1, 0.15) is 5.76 Å². The van der Waals surface area contributed by atoms with Gasteiger partial charge in [0.25, 0.3) is 0 Å².